The van der Waals surface area contributed by atoms with Gasteiger partial charge in [0.15, 0.2) is 0 Å². The lowest BCUT2D eigenvalue weighted by Gasteiger charge is -2.16. The second-order valence-electron chi connectivity index (χ2n) is 6.33. The minimum absolute atomic E-state index is 0.0670. The Bertz CT molecular complexity index is 982. The molecule has 0 atom stereocenters. The van der Waals surface area contributed by atoms with Crippen molar-refractivity contribution in [2.24, 2.45) is 0 Å². The van der Waals surface area contributed by atoms with Gasteiger partial charge < -0.3 is 0 Å². The molecule has 2 amide bonds. The van der Waals surface area contributed by atoms with Crippen LogP contribution in [0.15, 0.2) is 65.6 Å². The third-order valence-corrected chi connectivity index (χ3v) is 6.22. The van der Waals surface area contributed by atoms with Crippen LogP contribution in [0, 0.1) is 0 Å². The number of nitrogens with zero attached hydrogens (tertiary/aromatic N) is 1. The molecule has 28 heavy (non-hydrogen) atoms. The molecule has 0 bridgehead atoms. The van der Waals surface area contributed by atoms with Gasteiger partial charge in [-0.15, -0.1) is 0 Å². The lowest BCUT2D eigenvalue weighted by atomic mass is 10.2. The van der Waals surface area contributed by atoms with Crippen molar-refractivity contribution < 1.29 is 18.0 Å². The number of sulfonamides is 1. The number of hydrogen-bond donors (Lipinski definition) is 2. The van der Waals surface area contributed by atoms with Gasteiger partial charge in [0.05, 0.1) is 4.90 Å². The fraction of sp³-hybridized carbons (Fsp3) is 0.200. The van der Waals surface area contributed by atoms with Gasteiger partial charge >= 0.3 is 0 Å². The first-order valence-electron chi connectivity index (χ1n) is 8.90. The maximum absolute atomic E-state index is 12.6. The van der Waals surface area contributed by atoms with Gasteiger partial charge in [-0.2, -0.15) is 4.31 Å². The normalized spacial score (nSPS) is 14.9. The first kappa shape index (κ1) is 19.8. The molecule has 8 heteroatoms. The molecule has 146 valence electrons. The fourth-order valence-electron chi connectivity index (χ4n) is 2.84. The van der Waals surface area contributed by atoms with Crippen molar-refractivity contribution in [1.82, 2.24) is 15.2 Å². The van der Waals surface area contributed by atoms with Crippen molar-refractivity contribution in [3.63, 3.8) is 0 Å². The highest BCUT2D eigenvalue weighted by Gasteiger charge is 2.27. The summed E-state index contributed by atoms with van der Waals surface area (Å²) < 4.78 is 26.6. The second-order valence-corrected chi connectivity index (χ2v) is 8.26. The number of hydrogen-bond acceptors (Lipinski definition) is 4. The van der Waals surface area contributed by atoms with E-state index >= 15 is 0 Å². The first-order chi connectivity index (χ1) is 13.5. The van der Waals surface area contributed by atoms with Crippen LogP contribution in [0.1, 0.15) is 28.8 Å². The van der Waals surface area contributed by atoms with Crippen molar-refractivity contribution in [3.8, 4) is 0 Å². The van der Waals surface area contributed by atoms with Gasteiger partial charge in [0.2, 0.25) is 10.0 Å². The Kier molecular flexibility index (Phi) is 6.23. The van der Waals surface area contributed by atoms with Gasteiger partial charge in [0.25, 0.3) is 11.8 Å². The SMILES string of the molecule is O=C(/C=C/c1ccccc1)NNC(=O)c1cccc(S(=O)(=O)N2CCCC2)c1. The zero-order valence-corrected chi connectivity index (χ0v) is 16.0. The summed E-state index contributed by atoms with van der Waals surface area (Å²) in [5.74, 6) is -1.10. The van der Waals surface area contributed by atoms with Crippen LogP contribution < -0.4 is 10.9 Å². The molecule has 2 N–H and O–H groups in total. The van der Waals surface area contributed by atoms with Crippen molar-refractivity contribution >= 4 is 27.9 Å². The largest absolute Gasteiger partial charge is 0.269 e. The summed E-state index contributed by atoms with van der Waals surface area (Å²) in [6.45, 7) is 0.977. The van der Waals surface area contributed by atoms with E-state index in [-0.39, 0.29) is 10.5 Å². The number of hydrazine groups is 1. The predicted octanol–water partition coefficient (Wildman–Crippen LogP) is 1.95. The van der Waals surface area contributed by atoms with Gasteiger partial charge in [-0.25, -0.2) is 8.42 Å². The maximum Gasteiger partial charge on any atom is 0.269 e. The van der Waals surface area contributed by atoms with E-state index in [2.05, 4.69) is 10.9 Å². The summed E-state index contributed by atoms with van der Waals surface area (Å²) in [5, 5.41) is 0. The Labute approximate surface area is 164 Å². The van der Waals surface area contributed by atoms with Crippen molar-refractivity contribution in [2.75, 3.05) is 13.1 Å². The molecule has 0 radical (unpaired) electrons. The Balaban J connectivity index is 1.62. The van der Waals surface area contributed by atoms with Crippen LogP contribution in [0.3, 0.4) is 0 Å². The second kappa shape index (κ2) is 8.81. The summed E-state index contributed by atoms with van der Waals surface area (Å²) in [4.78, 5) is 24.2. The Morgan fingerprint density at radius 1 is 0.929 bits per heavy atom. The van der Waals surface area contributed by atoms with E-state index in [1.165, 1.54) is 34.6 Å². The van der Waals surface area contributed by atoms with Crippen LogP contribution in [0.2, 0.25) is 0 Å². The molecule has 0 spiro atoms. The maximum atomic E-state index is 12.6. The Morgan fingerprint density at radius 2 is 1.64 bits per heavy atom. The van der Waals surface area contributed by atoms with Gasteiger partial charge in [-0.1, -0.05) is 36.4 Å². The molecular weight excluding hydrogens is 378 g/mol. The highest BCUT2D eigenvalue weighted by molar-refractivity contribution is 7.89. The summed E-state index contributed by atoms with van der Waals surface area (Å²) in [5.41, 5.74) is 5.56. The quantitative estimate of drug-likeness (QED) is 0.593. The van der Waals surface area contributed by atoms with Crippen LogP contribution in [0.25, 0.3) is 6.08 Å². The van der Waals surface area contributed by atoms with Gasteiger partial charge in [0, 0.05) is 24.7 Å². The summed E-state index contributed by atoms with van der Waals surface area (Å²) in [6, 6.07) is 15.0. The van der Waals surface area contributed by atoms with E-state index in [0.717, 1.165) is 18.4 Å². The molecule has 0 aromatic heterocycles. The van der Waals surface area contributed by atoms with E-state index in [9.17, 15) is 18.0 Å². The fourth-order valence-corrected chi connectivity index (χ4v) is 4.41. The third-order valence-electron chi connectivity index (χ3n) is 4.32. The molecule has 7 nitrogen and oxygen atoms in total. The predicted molar refractivity (Wildman–Crippen MR) is 106 cm³/mol. The molecule has 2 aromatic rings. The number of benzene rings is 2. The van der Waals surface area contributed by atoms with Crippen molar-refractivity contribution in [1.29, 1.82) is 0 Å². The summed E-state index contributed by atoms with van der Waals surface area (Å²) >= 11 is 0. The number of amides is 2. The third kappa shape index (κ3) is 4.85. The van der Waals surface area contributed by atoms with E-state index in [4.69, 9.17) is 0 Å². The van der Waals surface area contributed by atoms with Gasteiger partial charge in [0.1, 0.15) is 0 Å². The highest BCUT2D eigenvalue weighted by Crippen LogP contribution is 2.21. The Morgan fingerprint density at radius 3 is 2.36 bits per heavy atom. The lowest BCUT2D eigenvalue weighted by Crippen LogP contribution is -2.40. The zero-order valence-electron chi connectivity index (χ0n) is 15.2. The van der Waals surface area contributed by atoms with E-state index < -0.39 is 21.8 Å². The average molecular weight is 399 g/mol. The van der Waals surface area contributed by atoms with Crippen molar-refractivity contribution in [3.05, 3.63) is 71.8 Å². The molecule has 0 saturated carbocycles. The molecule has 1 heterocycles. The standard InChI is InChI=1S/C20H21N3O4S/c24-19(12-11-16-7-2-1-3-8-16)21-22-20(25)17-9-6-10-18(15-17)28(26,27)23-13-4-5-14-23/h1-3,6-12,15H,4-5,13-14H2,(H,21,24)(H,22,25)/b12-11+. The smallest absolute Gasteiger partial charge is 0.268 e. The van der Waals surface area contributed by atoms with Crippen LogP contribution >= 0.6 is 0 Å². The van der Waals surface area contributed by atoms with Crippen molar-refractivity contribution in [2.45, 2.75) is 17.7 Å². The molecular formula is C20H21N3O4S. The van der Waals surface area contributed by atoms with Crippen LogP contribution in [-0.2, 0) is 14.8 Å². The molecule has 0 aliphatic carbocycles. The first-order valence-corrected chi connectivity index (χ1v) is 10.3. The molecule has 3 rings (SSSR count). The van der Waals surface area contributed by atoms with Gasteiger partial charge in [-0.05, 0) is 42.7 Å². The topological polar surface area (TPSA) is 95.6 Å². The average Bonchev–Trinajstić information content (AvgIpc) is 3.27. The highest BCUT2D eigenvalue weighted by atomic mass is 32.2. The minimum Gasteiger partial charge on any atom is -0.268 e. The number of rotatable bonds is 5. The molecule has 1 fully saturated rings. The van der Waals surface area contributed by atoms with Crippen LogP contribution in [0.5, 0.6) is 0 Å². The Hall–Kier alpha value is -2.97. The molecule has 2 aromatic carbocycles. The molecule has 0 unspecified atom stereocenters. The minimum atomic E-state index is -3.61. The van der Waals surface area contributed by atoms with E-state index in [1.54, 1.807) is 6.08 Å². The molecule has 1 saturated heterocycles. The monoisotopic (exact) mass is 399 g/mol. The van der Waals surface area contributed by atoms with Crippen LogP contribution in [0.4, 0.5) is 0 Å². The van der Waals surface area contributed by atoms with E-state index in [0.29, 0.717) is 13.1 Å². The zero-order chi connectivity index (χ0) is 20.0. The van der Waals surface area contributed by atoms with Crippen LogP contribution in [-0.4, -0.2) is 37.6 Å². The summed E-state index contributed by atoms with van der Waals surface area (Å²) in [6.07, 6.45) is 4.58. The molecule has 1 aliphatic rings. The number of carbonyl (C=O) groups is 2. The lowest BCUT2D eigenvalue weighted by molar-refractivity contribution is -0.117. The number of nitrogens with one attached hydrogen (secondary N) is 2. The van der Waals surface area contributed by atoms with Gasteiger partial charge in [-0.3, -0.25) is 20.4 Å². The number of carbonyl (C=O) groups excluding carboxylic acids is 2. The molecule has 1 aliphatic heterocycles. The summed E-state index contributed by atoms with van der Waals surface area (Å²) in [7, 11) is -3.61. The van der Waals surface area contributed by atoms with E-state index in [1.807, 2.05) is 30.3 Å².